The van der Waals surface area contributed by atoms with E-state index in [2.05, 4.69) is 21.3 Å². The summed E-state index contributed by atoms with van der Waals surface area (Å²) < 4.78 is 0. The van der Waals surface area contributed by atoms with E-state index in [-0.39, 0.29) is 12.8 Å². The molecule has 1 aliphatic rings. The normalized spacial score (nSPS) is 24.3. The molecule has 2 aromatic rings. The number of aliphatic hydroxyl groups is 1. The van der Waals surface area contributed by atoms with Crippen LogP contribution in [0.1, 0.15) is 58.6 Å². The lowest BCUT2D eigenvalue weighted by Crippen LogP contribution is -2.62. The van der Waals surface area contributed by atoms with Gasteiger partial charge < -0.3 is 46.0 Å². The Morgan fingerprint density at radius 2 is 1.02 bits per heavy atom. The zero-order valence-corrected chi connectivity index (χ0v) is 36.8. The van der Waals surface area contributed by atoms with Crippen molar-refractivity contribution in [2.45, 2.75) is 96.6 Å². The number of likely N-dealkylation sites (N-methyl/N-ethyl adjacent to an activating group) is 4. The highest BCUT2D eigenvalue weighted by Gasteiger charge is 2.39. The van der Waals surface area contributed by atoms with Gasteiger partial charge in [-0.15, -0.1) is 0 Å². The first-order chi connectivity index (χ1) is 28.8. The molecular weight excluding hydrogens is 785 g/mol. The molecule has 334 valence electrons. The minimum atomic E-state index is -1.53. The molecule has 0 saturated carbocycles. The summed E-state index contributed by atoms with van der Waals surface area (Å²) in [5.74, 6) is -6.35. The lowest BCUT2D eigenvalue weighted by Gasteiger charge is -2.36. The molecule has 8 atom stereocenters. The number of aliphatic hydroxyl groups excluding tert-OH is 1. The fourth-order valence-corrected chi connectivity index (χ4v) is 6.90. The van der Waals surface area contributed by atoms with Crippen LogP contribution in [0.3, 0.4) is 0 Å². The van der Waals surface area contributed by atoms with Crippen molar-refractivity contribution in [3.05, 3.63) is 71.8 Å². The topological polar surface area (TPSA) is 218 Å². The number of carbonyl (C=O) groups excluding carboxylic acids is 8. The Morgan fingerprint density at radius 1 is 0.557 bits per heavy atom. The van der Waals surface area contributed by atoms with Crippen LogP contribution in [0.4, 0.5) is 0 Å². The third kappa shape index (κ3) is 14.1. The number of hydrogen-bond acceptors (Lipinski definition) is 9. The lowest BCUT2D eigenvalue weighted by molar-refractivity contribution is -0.148. The summed E-state index contributed by atoms with van der Waals surface area (Å²) in [5.41, 5.74) is 1.44. The van der Waals surface area contributed by atoms with Crippen LogP contribution in [-0.2, 0) is 51.2 Å². The molecule has 17 heteroatoms. The van der Waals surface area contributed by atoms with E-state index in [1.165, 1.54) is 44.9 Å². The van der Waals surface area contributed by atoms with Crippen LogP contribution in [0, 0.1) is 11.8 Å². The molecule has 0 bridgehead atoms. The monoisotopic (exact) mass is 848 g/mol. The molecule has 0 radical (unpaired) electrons. The number of hydrogen-bond donors (Lipinski definition) is 5. The van der Waals surface area contributed by atoms with Gasteiger partial charge in [0.1, 0.15) is 30.2 Å². The maximum absolute atomic E-state index is 14.6. The minimum absolute atomic E-state index is 0.0527. The van der Waals surface area contributed by atoms with Gasteiger partial charge in [0.25, 0.3) is 0 Å². The third-order valence-electron chi connectivity index (χ3n) is 11.3. The van der Waals surface area contributed by atoms with Gasteiger partial charge in [0, 0.05) is 41.0 Å². The van der Waals surface area contributed by atoms with Crippen LogP contribution in [-0.4, -0.2) is 156 Å². The van der Waals surface area contributed by atoms with Crippen LogP contribution in [0.2, 0.25) is 0 Å². The summed E-state index contributed by atoms with van der Waals surface area (Å²) in [7, 11) is 5.59. The Labute approximate surface area is 358 Å². The van der Waals surface area contributed by atoms with Gasteiger partial charge in [-0.3, -0.25) is 38.4 Å². The predicted molar refractivity (Wildman–Crippen MR) is 228 cm³/mol. The second-order valence-electron chi connectivity index (χ2n) is 16.1. The first kappa shape index (κ1) is 49.5. The van der Waals surface area contributed by atoms with Crippen LogP contribution in [0.5, 0.6) is 0 Å². The van der Waals surface area contributed by atoms with Crippen molar-refractivity contribution in [3.8, 4) is 0 Å². The zero-order chi connectivity index (χ0) is 45.6. The molecule has 5 N–H and O–H groups in total. The van der Waals surface area contributed by atoms with E-state index in [1.54, 1.807) is 68.4 Å². The maximum Gasteiger partial charge on any atom is 0.245 e. The lowest BCUT2D eigenvalue weighted by atomic mass is 9.93. The number of nitrogens with zero attached hydrogens (tertiary/aromatic N) is 4. The molecule has 8 amide bonds. The molecule has 0 spiro atoms. The number of amides is 8. The van der Waals surface area contributed by atoms with Gasteiger partial charge in [-0.05, 0) is 29.9 Å². The number of rotatable bonds is 9. The van der Waals surface area contributed by atoms with Crippen LogP contribution in [0.15, 0.2) is 60.7 Å². The van der Waals surface area contributed by atoms with E-state index in [1.807, 2.05) is 19.9 Å². The second kappa shape index (κ2) is 23.2. The first-order valence-electron chi connectivity index (χ1n) is 20.7. The fraction of sp³-hybridized carbons (Fsp3) is 0.545. The van der Waals surface area contributed by atoms with Crippen molar-refractivity contribution in [1.82, 2.24) is 40.9 Å². The van der Waals surface area contributed by atoms with Gasteiger partial charge >= 0.3 is 0 Å². The highest BCUT2D eigenvalue weighted by Crippen LogP contribution is 2.18. The van der Waals surface area contributed by atoms with Gasteiger partial charge in [0.05, 0.1) is 25.7 Å². The largest absolute Gasteiger partial charge is 0.391 e. The fourth-order valence-electron chi connectivity index (χ4n) is 6.90. The van der Waals surface area contributed by atoms with Crippen molar-refractivity contribution in [3.63, 3.8) is 0 Å². The van der Waals surface area contributed by atoms with Crippen molar-refractivity contribution in [2.24, 2.45) is 11.8 Å². The number of benzene rings is 2. The van der Waals surface area contributed by atoms with Gasteiger partial charge in [0.15, 0.2) is 0 Å². The maximum atomic E-state index is 14.6. The zero-order valence-electron chi connectivity index (χ0n) is 36.8. The standard InChI is InChI=1S/C44H64N8O9/c1-10-27(3)37-40(57)48-38(28(4)11-2)44(61)52(9)33(23-31-20-16-13-17-21-31)43(60)50(7)25-34(54)45-32(22-30-18-14-12-15-19-30)42(59)51(8)26-36(56)49(6)24-35(55)46-39(29(5)53)41(58)47-37/h12-21,27-29,32-33,37-39,53H,10-11,22-26H2,1-9H3,(H,45,54)(H,46,55)(H,47,58)(H,48,57)/t27-,28-,29+,32-,33-,37-,38-,39-/m0/s1. The summed E-state index contributed by atoms with van der Waals surface area (Å²) in [5, 5.41) is 21.3. The third-order valence-corrected chi connectivity index (χ3v) is 11.3. The molecule has 0 aliphatic carbocycles. The van der Waals surface area contributed by atoms with E-state index in [4.69, 9.17) is 0 Å². The van der Waals surface area contributed by atoms with E-state index in [0.29, 0.717) is 18.4 Å². The molecule has 1 heterocycles. The van der Waals surface area contributed by atoms with Gasteiger partial charge in [-0.2, -0.15) is 0 Å². The molecule has 0 unspecified atom stereocenters. The van der Waals surface area contributed by atoms with E-state index >= 15 is 0 Å². The molecule has 2 aromatic carbocycles. The second-order valence-corrected chi connectivity index (χ2v) is 16.1. The number of carbonyl (C=O) groups is 8. The van der Waals surface area contributed by atoms with E-state index in [0.717, 1.165) is 15.4 Å². The summed E-state index contributed by atoms with van der Waals surface area (Å²) in [6.45, 7) is 6.94. The van der Waals surface area contributed by atoms with Crippen LogP contribution < -0.4 is 21.3 Å². The molecule has 0 aromatic heterocycles. The average molecular weight is 849 g/mol. The van der Waals surface area contributed by atoms with Crippen molar-refractivity contribution in [1.29, 1.82) is 0 Å². The summed E-state index contributed by atoms with van der Waals surface area (Å²) >= 11 is 0. The Kier molecular flexibility index (Phi) is 18.9. The summed E-state index contributed by atoms with van der Waals surface area (Å²) in [6.07, 6.45) is -0.430. The predicted octanol–water partition coefficient (Wildman–Crippen LogP) is 0.0998. The van der Waals surface area contributed by atoms with Gasteiger partial charge in [0.2, 0.25) is 47.3 Å². The summed E-state index contributed by atoms with van der Waals surface area (Å²) in [4.78, 5) is 116. The Bertz CT molecular complexity index is 1850. The minimum Gasteiger partial charge on any atom is -0.391 e. The molecule has 61 heavy (non-hydrogen) atoms. The Hall–Kier alpha value is -5.84. The first-order valence-corrected chi connectivity index (χ1v) is 20.7. The molecular formula is C44H64N8O9. The van der Waals surface area contributed by atoms with E-state index in [9.17, 15) is 43.5 Å². The molecule has 17 nitrogen and oxygen atoms in total. The smallest absolute Gasteiger partial charge is 0.245 e. The van der Waals surface area contributed by atoms with Gasteiger partial charge in [-0.25, -0.2) is 0 Å². The quantitative estimate of drug-likeness (QED) is 0.231. The molecule has 1 saturated heterocycles. The van der Waals surface area contributed by atoms with Crippen molar-refractivity contribution in [2.75, 3.05) is 47.8 Å². The number of nitrogens with one attached hydrogen (secondary N) is 4. The highest BCUT2D eigenvalue weighted by atomic mass is 16.3. The van der Waals surface area contributed by atoms with E-state index < -0.39 is 115 Å². The van der Waals surface area contributed by atoms with Gasteiger partial charge in [-0.1, -0.05) is 101 Å². The molecule has 1 fully saturated rings. The van der Waals surface area contributed by atoms with Crippen LogP contribution in [0.25, 0.3) is 0 Å². The average Bonchev–Trinajstić information content (AvgIpc) is 3.23. The molecule has 1 aliphatic heterocycles. The van der Waals surface area contributed by atoms with Crippen molar-refractivity contribution >= 4 is 47.3 Å². The highest BCUT2D eigenvalue weighted by molar-refractivity contribution is 5.97. The summed E-state index contributed by atoms with van der Waals surface area (Å²) in [6, 6.07) is 11.7. The molecule has 3 rings (SSSR count). The Morgan fingerprint density at radius 3 is 1.56 bits per heavy atom. The Balaban J connectivity index is 2.12. The van der Waals surface area contributed by atoms with Crippen molar-refractivity contribution < 1.29 is 43.5 Å². The SMILES string of the molecule is CC[C@H](C)[C@@H]1NC(=O)[C@H]([C@@H](C)O)NC(=O)CN(C)C(=O)CN(C)C(=O)[C@H](Cc2ccccc2)NC(=O)CN(C)C(=O)[C@H](Cc2ccccc2)N(C)C(=O)[C@H]([C@@H](C)CC)NC1=O. The van der Waals surface area contributed by atoms with Crippen LogP contribution >= 0.6 is 0 Å².